The van der Waals surface area contributed by atoms with Gasteiger partial charge in [0.05, 0.1) is 6.61 Å². The van der Waals surface area contributed by atoms with Crippen molar-refractivity contribution in [3.05, 3.63) is 29.8 Å². The Balaban J connectivity index is 1.92. The van der Waals surface area contributed by atoms with Gasteiger partial charge in [0, 0.05) is 18.8 Å². The summed E-state index contributed by atoms with van der Waals surface area (Å²) < 4.78 is 6.30. The monoisotopic (exact) mass is 319 g/mol. The van der Waals surface area contributed by atoms with Crippen LogP contribution in [0.1, 0.15) is 46.1 Å². The third kappa shape index (κ3) is 4.36. The molecule has 2 rings (SSSR count). The van der Waals surface area contributed by atoms with Crippen molar-refractivity contribution >= 4 is 14.0 Å². The molecule has 1 fully saturated rings. The summed E-state index contributed by atoms with van der Waals surface area (Å²) in [5.41, 5.74) is 2.65. The first-order valence-electron chi connectivity index (χ1n) is 8.67. The van der Waals surface area contributed by atoms with E-state index in [0.29, 0.717) is 0 Å². The average Bonchev–Trinajstić information content (AvgIpc) is 2.45. The fourth-order valence-corrected chi connectivity index (χ4v) is 3.51. The molecule has 0 saturated carbocycles. The molecule has 0 unspecified atom stereocenters. The molecule has 1 heterocycles. The van der Waals surface area contributed by atoms with Gasteiger partial charge in [-0.3, -0.25) is 0 Å². The zero-order valence-corrected chi connectivity index (χ0v) is 16.3. The Morgan fingerprint density at radius 1 is 1.09 bits per heavy atom. The molecule has 1 aromatic rings. The third-order valence-corrected chi connectivity index (χ3v) is 9.97. The molecule has 124 valence electrons. The molecule has 0 spiro atoms. The molecular formula is C19H33NOSi. The SMILES string of the molecule is CC1CCN(c2ccc(CO[Si](C)(C)C(C)(C)C)cc2)CC1. The summed E-state index contributed by atoms with van der Waals surface area (Å²) >= 11 is 0. The number of anilines is 1. The van der Waals surface area contributed by atoms with E-state index >= 15 is 0 Å². The van der Waals surface area contributed by atoms with E-state index in [9.17, 15) is 0 Å². The van der Waals surface area contributed by atoms with E-state index in [1.807, 2.05) is 0 Å². The third-order valence-electron chi connectivity index (χ3n) is 5.49. The van der Waals surface area contributed by atoms with E-state index in [4.69, 9.17) is 4.43 Å². The quantitative estimate of drug-likeness (QED) is 0.685. The number of hydrogen-bond donors (Lipinski definition) is 0. The summed E-state index contributed by atoms with van der Waals surface area (Å²) in [6, 6.07) is 9.00. The van der Waals surface area contributed by atoms with Crippen LogP contribution < -0.4 is 4.90 Å². The van der Waals surface area contributed by atoms with E-state index in [2.05, 4.69) is 70.0 Å². The van der Waals surface area contributed by atoms with E-state index in [1.54, 1.807) is 0 Å². The van der Waals surface area contributed by atoms with Crippen LogP contribution in [0, 0.1) is 5.92 Å². The highest BCUT2D eigenvalue weighted by atomic mass is 28.4. The predicted octanol–water partition coefficient (Wildman–Crippen LogP) is 5.44. The maximum absolute atomic E-state index is 6.30. The molecule has 0 N–H and O–H groups in total. The summed E-state index contributed by atoms with van der Waals surface area (Å²) in [5, 5.41) is 0.275. The number of hydrogen-bond acceptors (Lipinski definition) is 2. The summed E-state index contributed by atoms with van der Waals surface area (Å²) in [6.45, 7) is 17.0. The highest BCUT2D eigenvalue weighted by molar-refractivity contribution is 6.74. The lowest BCUT2D eigenvalue weighted by molar-refractivity contribution is 0.276. The van der Waals surface area contributed by atoms with E-state index < -0.39 is 8.32 Å². The van der Waals surface area contributed by atoms with Crippen LogP contribution in [-0.2, 0) is 11.0 Å². The van der Waals surface area contributed by atoms with Gasteiger partial charge >= 0.3 is 0 Å². The Morgan fingerprint density at radius 3 is 2.14 bits per heavy atom. The van der Waals surface area contributed by atoms with Crippen LogP contribution >= 0.6 is 0 Å². The van der Waals surface area contributed by atoms with Crippen LogP contribution in [0.15, 0.2) is 24.3 Å². The molecule has 0 aromatic heterocycles. The van der Waals surface area contributed by atoms with Gasteiger partial charge in [0.2, 0.25) is 0 Å². The Hall–Kier alpha value is -0.803. The topological polar surface area (TPSA) is 12.5 Å². The van der Waals surface area contributed by atoms with Gasteiger partial charge in [0.25, 0.3) is 0 Å². The highest BCUT2D eigenvalue weighted by Crippen LogP contribution is 2.37. The molecule has 22 heavy (non-hydrogen) atoms. The van der Waals surface area contributed by atoms with E-state index in [0.717, 1.165) is 12.5 Å². The van der Waals surface area contributed by atoms with Gasteiger partial charge in [-0.05, 0) is 54.6 Å². The molecule has 0 aliphatic carbocycles. The van der Waals surface area contributed by atoms with Crippen LogP contribution in [0.2, 0.25) is 18.1 Å². The van der Waals surface area contributed by atoms with E-state index in [1.165, 1.54) is 37.2 Å². The van der Waals surface area contributed by atoms with Gasteiger partial charge < -0.3 is 9.33 Å². The Kier molecular flexibility index (Phi) is 5.39. The lowest BCUT2D eigenvalue weighted by Gasteiger charge is -2.36. The van der Waals surface area contributed by atoms with Crippen molar-refractivity contribution in [3.8, 4) is 0 Å². The van der Waals surface area contributed by atoms with Crippen molar-refractivity contribution in [2.75, 3.05) is 18.0 Å². The molecule has 1 aliphatic heterocycles. The van der Waals surface area contributed by atoms with Gasteiger partial charge in [0.15, 0.2) is 8.32 Å². The number of rotatable bonds is 4. The number of nitrogens with zero attached hydrogens (tertiary/aromatic N) is 1. The highest BCUT2D eigenvalue weighted by Gasteiger charge is 2.36. The summed E-state index contributed by atoms with van der Waals surface area (Å²) in [4.78, 5) is 2.51. The first kappa shape index (κ1) is 17.5. The minimum absolute atomic E-state index is 0.275. The maximum atomic E-state index is 6.30. The molecule has 0 amide bonds. The Morgan fingerprint density at radius 2 is 1.64 bits per heavy atom. The van der Waals surface area contributed by atoms with Crippen molar-refractivity contribution in [2.24, 2.45) is 5.92 Å². The fraction of sp³-hybridized carbons (Fsp3) is 0.684. The first-order chi connectivity index (χ1) is 10.2. The van der Waals surface area contributed by atoms with Gasteiger partial charge in [-0.15, -0.1) is 0 Å². The molecule has 0 atom stereocenters. The summed E-state index contributed by atoms with van der Waals surface area (Å²) in [7, 11) is -1.65. The van der Waals surface area contributed by atoms with Crippen LogP contribution in [0.25, 0.3) is 0 Å². The average molecular weight is 320 g/mol. The molecule has 0 bridgehead atoms. The van der Waals surface area contributed by atoms with Crippen molar-refractivity contribution in [1.82, 2.24) is 0 Å². The summed E-state index contributed by atoms with van der Waals surface area (Å²) in [6.07, 6.45) is 2.63. The van der Waals surface area contributed by atoms with Gasteiger partial charge in [-0.2, -0.15) is 0 Å². The van der Waals surface area contributed by atoms with Crippen molar-refractivity contribution in [3.63, 3.8) is 0 Å². The second-order valence-corrected chi connectivity index (χ2v) is 13.2. The van der Waals surface area contributed by atoms with Gasteiger partial charge in [0.1, 0.15) is 0 Å². The Bertz CT molecular complexity index is 467. The second-order valence-electron chi connectivity index (χ2n) is 8.39. The largest absolute Gasteiger partial charge is 0.413 e. The van der Waals surface area contributed by atoms with Crippen molar-refractivity contribution < 1.29 is 4.43 Å². The lowest BCUT2D eigenvalue weighted by atomic mass is 9.99. The molecule has 1 aliphatic rings. The molecule has 2 nitrogen and oxygen atoms in total. The van der Waals surface area contributed by atoms with E-state index in [-0.39, 0.29) is 5.04 Å². The molecular weight excluding hydrogens is 286 g/mol. The minimum atomic E-state index is -1.65. The summed E-state index contributed by atoms with van der Waals surface area (Å²) in [5.74, 6) is 0.883. The fourth-order valence-electron chi connectivity index (χ4n) is 2.55. The molecule has 3 heteroatoms. The van der Waals surface area contributed by atoms with Gasteiger partial charge in [-0.1, -0.05) is 39.8 Å². The standard InChI is InChI=1S/C19H33NOSi/c1-16-11-13-20(14-12-16)18-9-7-17(8-10-18)15-21-22(5,6)19(2,3)4/h7-10,16H,11-15H2,1-6H3. The zero-order chi connectivity index (χ0) is 16.4. The first-order valence-corrected chi connectivity index (χ1v) is 11.6. The number of piperidine rings is 1. The minimum Gasteiger partial charge on any atom is -0.413 e. The Labute approximate surface area is 138 Å². The number of benzene rings is 1. The second kappa shape index (κ2) is 6.75. The molecule has 0 radical (unpaired) electrons. The maximum Gasteiger partial charge on any atom is 0.192 e. The molecule has 1 saturated heterocycles. The lowest BCUT2D eigenvalue weighted by Crippen LogP contribution is -2.40. The predicted molar refractivity (Wildman–Crippen MR) is 99.0 cm³/mol. The van der Waals surface area contributed by atoms with Gasteiger partial charge in [-0.25, -0.2) is 0 Å². The van der Waals surface area contributed by atoms with Crippen molar-refractivity contribution in [1.29, 1.82) is 0 Å². The van der Waals surface area contributed by atoms with Crippen LogP contribution in [0.5, 0.6) is 0 Å². The zero-order valence-electron chi connectivity index (χ0n) is 15.3. The van der Waals surface area contributed by atoms with Crippen LogP contribution in [0.4, 0.5) is 5.69 Å². The normalized spacial score (nSPS) is 17.8. The van der Waals surface area contributed by atoms with Crippen molar-refractivity contribution in [2.45, 2.75) is 65.3 Å². The smallest absolute Gasteiger partial charge is 0.192 e. The molecule has 1 aromatic carbocycles. The van der Waals surface area contributed by atoms with Crippen LogP contribution in [-0.4, -0.2) is 21.4 Å². The van der Waals surface area contributed by atoms with Crippen LogP contribution in [0.3, 0.4) is 0 Å².